The van der Waals surface area contributed by atoms with Crippen LogP contribution in [0.2, 0.25) is 10.2 Å². The molecule has 22 heavy (non-hydrogen) atoms. The van der Waals surface area contributed by atoms with E-state index in [1.54, 1.807) is 12.3 Å². The molecule has 0 atom stereocenters. The third-order valence-corrected chi connectivity index (χ3v) is 3.99. The van der Waals surface area contributed by atoms with E-state index in [2.05, 4.69) is 24.8 Å². The number of hydrogen-bond donors (Lipinski definition) is 1. The van der Waals surface area contributed by atoms with Crippen molar-refractivity contribution in [3.05, 3.63) is 40.3 Å². The van der Waals surface area contributed by atoms with E-state index >= 15 is 0 Å². The Balaban J connectivity index is 1.59. The van der Waals surface area contributed by atoms with Crippen molar-refractivity contribution in [1.29, 1.82) is 0 Å². The number of halogens is 2. The topological polar surface area (TPSA) is 71.2 Å². The SMILES string of the molecule is Nc1nc(Cl)cc(N2CCN(Cc3ccc(Cl)cn3)CC2)n1. The van der Waals surface area contributed by atoms with E-state index in [0.717, 1.165) is 44.2 Å². The van der Waals surface area contributed by atoms with Crippen molar-refractivity contribution in [3.63, 3.8) is 0 Å². The molecule has 0 saturated carbocycles. The second kappa shape index (κ2) is 6.64. The minimum atomic E-state index is 0.204. The molecule has 8 heteroatoms. The summed E-state index contributed by atoms with van der Waals surface area (Å²) in [6, 6.07) is 5.57. The summed E-state index contributed by atoms with van der Waals surface area (Å²) in [4.78, 5) is 17.0. The first kappa shape index (κ1) is 15.3. The van der Waals surface area contributed by atoms with E-state index in [9.17, 15) is 0 Å². The van der Waals surface area contributed by atoms with E-state index in [0.29, 0.717) is 10.2 Å². The minimum Gasteiger partial charge on any atom is -0.368 e. The average molecular weight is 339 g/mol. The van der Waals surface area contributed by atoms with Crippen LogP contribution in [-0.2, 0) is 6.54 Å². The third kappa shape index (κ3) is 3.76. The highest BCUT2D eigenvalue weighted by atomic mass is 35.5. The summed E-state index contributed by atoms with van der Waals surface area (Å²) in [5.74, 6) is 0.983. The molecule has 1 fully saturated rings. The molecule has 0 aromatic carbocycles. The molecule has 0 bridgehead atoms. The number of pyridine rings is 1. The van der Waals surface area contributed by atoms with Gasteiger partial charge >= 0.3 is 0 Å². The van der Waals surface area contributed by atoms with Crippen molar-refractivity contribution in [2.75, 3.05) is 36.8 Å². The van der Waals surface area contributed by atoms with Gasteiger partial charge in [-0.15, -0.1) is 0 Å². The van der Waals surface area contributed by atoms with Crippen LogP contribution in [0.3, 0.4) is 0 Å². The molecule has 116 valence electrons. The van der Waals surface area contributed by atoms with Crippen molar-refractivity contribution < 1.29 is 0 Å². The van der Waals surface area contributed by atoms with Crippen LogP contribution in [0.15, 0.2) is 24.4 Å². The molecule has 0 amide bonds. The van der Waals surface area contributed by atoms with Gasteiger partial charge in [0.2, 0.25) is 5.95 Å². The van der Waals surface area contributed by atoms with Gasteiger partial charge < -0.3 is 10.6 Å². The zero-order chi connectivity index (χ0) is 15.5. The maximum Gasteiger partial charge on any atom is 0.223 e. The number of nitrogens with two attached hydrogens (primary N) is 1. The van der Waals surface area contributed by atoms with Crippen LogP contribution >= 0.6 is 23.2 Å². The zero-order valence-electron chi connectivity index (χ0n) is 11.9. The summed E-state index contributed by atoms with van der Waals surface area (Å²) in [7, 11) is 0. The monoisotopic (exact) mass is 338 g/mol. The normalized spacial score (nSPS) is 16.0. The quantitative estimate of drug-likeness (QED) is 0.864. The summed E-state index contributed by atoms with van der Waals surface area (Å²) in [6.07, 6.45) is 1.68. The Morgan fingerprint density at radius 2 is 1.86 bits per heavy atom. The van der Waals surface area contributed by atoms with Gasteiger partial charge in [-0.3, -0.25) is 9.88 Å². The molecule has 0 radical (unpaired) electrons. The van der Waals surface area contributed by atoms with E-state index in [1.807, 2.05) is 12.1 Å². The van der Waals surface area contributed by atoms with Crippen LogP contribution in [0, 0.1) is 0 Å². The molecular weight excluding hydrogens is 323 g/mol. The number of rotatable bonds is 3. The lowest BCUT2D eigenvalue weighted by molar-refractivity contribution is 0.246. The molecule has 0 aliphatic carbocycles. The van der Waals surface area contributed by atoms with Gasteiger partial charge in [-0.25, -0.2) is 4.98 Å². The molecule has 1 aliphatic heterocycles. The summed E-state index contributed by atoms with van der Waals surface area (Å²) in [5.41, 5.74) is 6.67. The van der Waals surface area contributed by atoms with E-state index in [4.69, 9.17) is 28.9 Å². The molecule has 2 aromatic rings. The molecule has 2 N–H and O–H groups in total. The highest BCUT2D eigenvalue weighted by molar-refractivity contribution is 6.30. The lowest BCUT2D eigenvalue weighted by atomic mass is 10.2. The van der Waals surface area contributed by atoms with Crippen molar-refractivity contribution >= 4 is 35.0 Å². The number of nitrogens with zero attached hydrogens (tertiary/aromatic N) is 5. The van der Waals surface area contributed by atoms with Gasteiger partial charge in [0, 0.05) is 45.0 Å². The van der Waals surface area contributed by atoms with Gasteiger partial charge in [0.1, 0.15) is 11.0 Å². The Bertz CT molecular complexity index is 620. The first-order chi connectivity index (χ1) is 10.6. The Labute approximate surface area is 138 Å². The molecule has 0 unspecified atom stereocenters. The Morgan fingerprint density at radius 1 is 1.09 bits per heavy atom. The van der Waals surface area contributed by atoms with Crippen LogP contribution < -0.4 is 10.6 Å². The Morgan fingerprint density at radius 3 is 2.50 bits per heavy atom. The number of nitrogen functional groups attached to an aromatic ring is 1. The predicted molar refractivity (Wildman–Crippen MR) is 88.2 cm³/mol. The fraction of sp³-hybridized carbons (Fsp3) is 0.357. The second-order valence-electron chi connectivity index (χ2n) is 5.14. The fourth-order valence-electron chi connectivity index (χ4n) is 2.45. The van der Waals surface area contributed by atoms with Crippen LogP contribution in [0.1, 0.15) is 5.69 Å². The number of hydrogen-bond acceptors (Lipinski definition) is 6. The Kier molecular flexibility index (Phi) is 4.61. The number of anilines is 2. The van der Waals surface area contributed by atoms with Gasteiger partial charge in [-0.1, -0.05) is 23.2 Å². The highest BCUT2D eigenvalue weighted by Gasteiger charge is 2.19. The van der Waals surface area contributed by atoms with Gasteiger partial charge in [-0.2, -0.15) is 4.98 Å². The summed E-state index contributed by atoms with van der Waals surface area (Å²) >= 11 is 11.8. The molecule has 6 nitrogen and oxygen atoms in total. The van der Waals surface area contributed by atoms with Gasteiger partial charge in [0.15, 0.2) is 0 Å². The largest absolute Gasteiger partial charge is 0.368 e. The summed E-state index contributed by atoms with van der Waals surface area (Å²) < 4.78 is 0. The lowest BCUT2D eigenvalue weighted by Gasteiger charge is -2.35. The van der Waals surface area contributed by atoms with Crippen molar-refractivity contribution in [2.45, 2.75) is 6.54 Å². The van der Waals surface area contributed by atoms with Crippen molar-refractivity contribution in [2.24, 2.45) is 0 Å². The minimum absolute atomic E-state index is 0.204. The predicted octanol–water partition coefficient (Wildman–Crippen LogP) is 2.08. The molecule has 1 aliphatic rings. The Hall–Kier alpha value is -1.63. The molecule has 2 aromatic heterocycles. The summed E-state index contributed by atoms with van der Waals surface area (Å²) in [5, 5.41) is 1.03. The smallest absolute Gasteiger partial charge is 0.223 e. The fourth-order valence-corrected chi connectivity index (χ4v) is 2.75. The maximum atomic E-state index is 5.93. The number of aromatic nitrogens is 3. The van der Waals surface area contributed by atoms with E-state index < -0.39 is 0 Å². The molecule has 3 rings (SSSR count). The molecule has 0 spiro atoms. The first-order valence-electron chi connectivity index (χ1n) is 6.98. The van der Waals surface area contributed by atoms with Gasteiger partial charge in [-0.05, 0) is 12.1 Å². The maximum absolute atomic E-state index is 5.93. The molecular formula is C14H16Cl2N6. The van der Waals surface area contributed by atoms with Gasteiger partial charge in [0.05, 0.1) is 10.7 Å². The standard InChI is InChI=1S/C14H16Cl2N6/c15-10-1-2-11(18-8-10)9-21-3-5-22(6-4-21)13-7-12(16)19-14(17)20-13/h1-2,7-8H,3-6,9H2,(H2,17,19,20). The van der Waals surface area contributed by atoms with Crippen LogP contribution in [-0.4, -0.2) is 46.0 Å². The highest BCUT2D eigenvalue weighted by Crippen LogP contribution is 2.19. The van der Waals surface area contributed by atoms with Crippen LogP contribution in [0.5, 0.6) is 0 Å². The first-order valence-corrected chi connectivity index (χ1v) is 7.73. The lowest BCUT2D eigenvalue weighted by Crippen LogP contribution is -2.46. The number of piperazine rings is 1. The van der Waals surface area contributed by atoms with E-state index in [1.165, 1.54) is 0 Å². The molecule has 3 heterocycles. The summed E-state index contributed by atoms with van der Waals surface area (Å²) in [6.45, 7) is 4.39. The van der Waals surface area contributed by atoms with Crippen molar-refractivity contribution in [3.8, 4) is 0 Å². The third-order valence-electron chi connectivity index (χ3n) is 3.57. The van der Waals surface area contributed by atoms with Crippen molar-refractivity contribution in [1.82, 2.24) is 19.9 Å². The van der Waals surface area contributed by atoms with Gasteiger partial charge in [0.25, 0.3) is 0 Å². The molecule has 1 saturated heterocycles. The van der Waals surface area contributed by atoms with E-state index in [-0.39, 0.29) is 5.95 Å². The van der Waals surface area contributed by atoms with Crippen LogP contribution in [0.25, 0.3) is 0 Å². The average Bonchev–Trinajstić information content (AvgIpc) is 2.49. The second-order valence-corrected chi connectivity index (χ2v) is 5.96. The zero-order valence-corrected chi connectivity index (χ0v) is 13.4. The van der Waals surface area contributed by atoms with Crippen LogP contribution in [0.4, 0.5) is 11.8 Å².